The average Bonchev–Trinajstić information content (AvgIpc) is 2.64. The number of hydrogen-bond acceptors (Lipinski definition) is 4. The molecule has 1 rings (SSSR count). The van der Waals surface area contributed by atoms with Crippen molar-refractivity contribution in [2.45, 2.75) is 40.0 Å². The number of ether oxygens (including phenoxy) is 1. The maximum Gasteiger partial charge on any atom is 0.411 e. The van der Waals surface area contributed by atoms with Gasteiger partial charge in [0.15, 0.2) is 5.69 Å². The molecule has 0 radical (unpaired) electrons. The highest BCUT2D eigenvalue weighted by molar-refractivity contribution is 14.1. The van der Waals surface area contributed by atoms with Gasteiger partial charge >= 0.3 is 6.09 Å². The Morgan fingerprint density at radius 1 is 1.63 bits per heavy atom. The van der Waals surface area contributed by atoms with Gasteiger partial charge in [-0.3, -0.25) is 4.90 Å². The van der Waals surface area contributed by atoms with Crippen LogP contribution >= 0.6 is 22.6 Å². The number of imidazole rings is 1. The summed E-state index contributed by atoms with van der Waals surface area (Å²) < 4.78 is 7.77. The molecule has 7 heteroatoms. The van der Waals surface area contributed by atoms with E-state index in [-0.39, 0.29) is 6.09 Å². The molecule has 1 aromatic heterocycles. The van der Waals surface area contributed by atoms with Crippen LogP contribution in [0.15, 0.2) is 6.33 Å². The minimum absolute atomic E-state index is 0.318. The van der Waals surface area contributed by atoms with Gasteiger partial charge in [-0.1, -0.05) is 0 Å². The van der Waals surface area contributed by atoms with Gasteiger partial charge in [-0.05, 0) is 50.3 Å². The van der Waals surface area contributed by atoms with Crippen molar-refractivity contribution in [3.8, 4) is 6.07 Å². The summed E-state index contributed by atoms with van der Waals surface area (Å²) in [7, 11) is 0. The van der Waals surface area contributed by atoms with E-state index in [9.17, 15) is 4.79 Å². The van der Waals surface area contributed by atoms with E-state index < -0.39 is 5.60 Å². The van der Waals surface area contributed by atoms with E-state index in [4.69, 9.17) is 10.00 Å². The zero-order valence-electron chi connectivity index (χ0n) is 11.5. The molecule has 0 saturated heterocycles. The van der Waals surface area contributed by atoms with Gasteiger partial charge in [-0.25, -0.2) is 9.78 Å². The van der Waals surface area contributed by atoms with Crippen LogP contribution in [0.4, 0.5) is 4.79 Å². The molecule has 0 atom stereocenters. The second-order valence-electron chi connectivity index (χ2n) is 4.94. The predicted octanol–water partition coefficient (Wildman–Crippen LogP) is 2.57. The van der Waals surface area contributed by atoms with E-state index in [0.717, 1.165) is 0 Å². The van der Waals surface area contributed by atoms with Crippen LogP contribution < -0.4 is 0 Å². The van der Waals surface area contributed by atoms with Crippen molar-refractivity contribution in [3.63, 3.8) is 0 Å². The number of hydrogen-bond donors (Lipinski definition) is 0. The van der Waals surface area contributed by atoms with E-state index >= 15 is 0 Å². The van der Waals surface area contributed by atoms with Crippen molar-refractivity contribution in [1.82, 2.24) is 14.5 Å². The second-order valence-corrected chi connectivity index (χ2v) is 5.97. The van der Waals surface area contributed by atoms with Crippen LogP contribution in [0.2, 0.25) is 0 Å². The predicted molar refractivity (Wildman–Crippen MR) is 78.3 cm³/mol. The Labute approximate surface area is 126 Å². The maximum atomic E-state index is 12.0. The SMILES string of the molecule is CCN(Cn1cnc(C#N)c1I)C(=O)OC(C)(C)C. The number of aromatic nitrogens is 2. The lowest BCUT2D eigenvalue weighted by Crippen LogP contribution is -2.37. The molecular formula is C12H17IN4O2. The summed E-state index contributed by atoms with van der Waals surface area (Å²) in [5, 5.41) is 8.85. The third kappa shape index (κ3) is 4.38. The van der Waals surface area contributed by atoms with E-state index in [1.54, 1.807) is 15.8 Å². The number of amides is 1. The lowest BCUT2D eigenvalue weighted by atomic mass is 10.2. The summed E-state index contributed by atoms with van der Waals surface area (Å²) >= 11 is 2.04. The van der Waals surface area contributed by atoms with Gasteiger partial charge in [-0.2, -0.15) is 5.26 Å². The summed E-state index contributed by atoms with van der Waals surface area (Å²) in [6.07, 6.45) is 1.17. The molecule has 0 aliphatic rings. The molecule has 0 saturated carbocycles. The summed E-state index contributed by atoms with van der Waals surface area (Å²) in [5.74, 6) is 0. The highest BCUT2D eigenvalue weighted by Gasteiger charge is 2.22. The highest BCUT2D eigenvalue weighted by atomic mass is 127. The minimum Gasteiger partial charge on any atom is -0.444 e. The zero-order valence-corrected chi connectivity index (χ0v) is 13.6. The lowest BCUT2D eigenvalue weighted by Gasteiger charge is -2.26. The number of carbonyl (C=O) groups excluding carboxylic acids is 1. The number of nitriles is 1. The third-order valence-electron chi connectivity index (χ3n) is 2.24. The first-order valence-electron chi connectivity index (χ1n) is 5.87. The first kappa shape index (κ1) is 15.8. The fraction of sp³-hybridized carbons (Fsp3) is 0.583. The number of carbonyl (C=O) groups is 1. The van der Waals surface area contributed by atoms with Crippen LogP contribution in [0, 0.1) is 15.0 Å². The third-order valence-corrected chi connectivity index (χ3v) is 3.37. The number of halogens is 1. The molecule has 0 aliphatic heterocycles. The normalized spacial score (nSPS) is 10.9. The molecular weight excluding hydrogens is 359 g/mol. The molecule has 1 aromatic rings. The van der Waals surface area contributed by atoms with Gasteiger partial charge in [0.1, 0.15) is 22.0 Å². The fourth-order valence-corrected chi connectivity index (χ4v) is 1.88. The van der Waals surface area contributed by atoms with Crippen LogP contribution in [0.25, 0.3) is 0 Å². The maximum absolute atomic E-state index is 12.0. The van der Waals surface area contributed by atoms with Gasteiger partial charge in [0.05, 0.1) is 6.33 Å². The summed E-state index contributed by atoms with van der Waals surface area (Å²) in [5.41, 5.74) is -0.162. The van der Waals surface area contributed by atoms with Crippen LogP contribution in [-0.2, 0) is 11.4 Å². The van der Waals surface area contributed by atoms with Crippen molar-refractivity contribution < 1.29 is 9.53 Å². The molecule has 1 heterocycles. The molecule has 19 heavy (non-hydrogen) atoms. The minimum atomic E-state index is -0.523. The Morgan fingerprint density at radius 2 is 2.26 bits per heavy atom. The first-order chi connectivity index (χ1) is 8.78. The first-order valence-corrected chi connectivity index (χ1v) is 6.95. The van der Waals surface area contributed by atoms with E-state index in [0.29, 0.717) is 22.6 Å². The van der Waals surface area contributed by atoms with Crippen molar-refractivity contribution in [3.05, 3.63) is 15.7 Å². The number of rotatable bonds is 3. The quantitative estimate of drug-likeness (QED) is 0.761. The van der Waals surface area contributed by atoms with Crippen LogP contribution in [0.3, 0.4) is 0 Å². The van der Waals surface area contributed by atoms with Gasteiger partial charge < -0.3 is 9.30 Å². The molecule has 0 spiro atoms. The van der Waals surface area contributed by atoms with Gasteiger partial charge in [0, 0.05) is 6.54 Å². The van der Waals surface area contributed by atoms with Crippen LogP contribution in [-0.4, -0.2) is 32.7 Å². The average molecular weight is 376 g/mol. The molecule has 0 fully saturated rings. The lowest BCUT2D eigenvalue weighted by molar-refractivity contribution is 0.0199. The Morgan fingerprint density at radius 3 is 2.68 bits per heavy atom. The van der Waals surface area contributed by atoms with Gasteiger partial charge in [-0.15, -0.1) is 0 Å². The molecule has 0 aromatic carbocycles. The Hall–Kier alpha value is -1.30. The smallest absolute Gasteiger partial charge is 0.411 e. The summed E-state index contributed by atoms with van der Waals surface area (Å²) in [6.45, 7) is 8.19. The topological polar surface area (TPSA) is 71.2 Å². The standard InChI is InChI=1S/C12H17IN4O2/c1-5-16(11(18)19-12(2,3)4)8-17-7-15-9(6-14)10(17)13/h7H,5,8H2,1-4H3. The monoisotopic (exact) mass is 376 g/mol. The fourth-order valence-electron chi connectivity index (χ4n) is 1.34. The zero-order chi connectivity index (χ0) is 14.6. The van der Waals surface area contributed by atoms with Gasteiger partial charge in [0.25, 0.3) is 0 Å². The molecule has 0 N–H and O–H groups in total. The van der Waals surface area contributed by atoms with E-state index in [1.807, 2.05) is 56.4 Å². The van der Waals surface area contributed by atoms with Crippen molar-refractivity contribution in [2.75, 3.05) is 6.54 Å². The van der Waals surface area contributed by atoms with Crippen LogP contribution in [0.1, 0.15) is 33.4 Å². The van der Waals surface area contributed by atoms with Crippen LogP contribution in [0.5, 0.6) is 0 Å². The molecule has 0 bridgehead atoms. The Bertz CT molecular complexity index is 499. The summed E-state index contributed by atoms with van der Waals surface area (Å²) in [4.78, 5) is 17.5. The highest BCUT2D eigenvalue weighted by Crippen LogP contribution is 2.13. The Kier molecular flexibility index (Phi) is 5.17. The molecule has 0 unspecified atom stereocenters. The largest absolute Gasteiger partial charge is 0.444 e. The summed E-state index contributed by atoms with van der Waals surface area (Å²) in [6, 6.07) is 2.00. The van der Waals surface area contributed by atoms with Crippen molar-refractivity contribution in [2.24, 2.45) is 0 Å². The molecule has 6 nitrogen and oxygen atoms in total. The molecule has 104 valence electrons. The van der Waals surface area contributed by atoms with Crippen molar-refractivity contribution in [1.29, 1.82) is 5.26 Å². The number of nitrogens with zero attached hydrogens (tertiary/aromatic N) is 4. The van der Waals surface area contributed by atoms with E-state index in [2.05, 4.69) is 4.98 Å². The molecule has 1 amide bonds. The van der Waals surface area contributed by atoms with Gasteiger partial charge in [0.2, 0.25) is 0 Å². The second kappa shape index (κ2) is 6.23. The van der Waals surface area contributed by atoms with E-state index in [1.165, 1.54) is 0 Å². The Balaban J connectivity index is 2.80. The van der Waals surface area contributed by atoms with Crippen molar-refractivity contribution >= 4 is 28.7 Å². The molecule has 0 aliphatic carbocycles.